The van der Waals surface area contributed by atoms with Crippen LogP contribution in [0.15, 0.2) is 36.4 Å². The fourth-order valence-electron chi connectivity index (χ4n) is 6.13. The maximum Gasteiger partial charge on any atom is 0.135 e. The van der Waals surface area contributed by atoms with Gasteiger partial charge in [0.25, 0.3) is 0 Å². The minimum Gasteiger partial charge on any atom is -0.492 e. The maximum absolute atomic E-state index is 15.9. The summed E-state index contributed by atoms with van der Waals surface area (Å²) in [6.07, 6.45) is 6.77. The molecule has 0 spiro atoms. The number of likely N-dealkylation sites (tertiary alicyclic amines) is 1. The summed E-state index contributed by atoms with van der Waals surface area (Å²) in [7, 11) is 0. The van der Waals surface area contributed by atoms with Crippen LogP contribution in [-0.2, 0) is 12.0 Å². The van der Waals surface area contributed by atoms with Crippen LogP contribution in [0.1, 0.15) is 69.2 Å². The molecule has 0 radical (unpaired) electrons. The van der Waals surface area contributed by atoms with Gasteiger partial charge >= 0.3 is 0 Å². The molecule has 2 aliphatic rings. The summed E-state index contributed by atoms with van der Waals surface area (Å²) in [5.41, 5.74) is 2.21. The van der Waals surface area contributed by atoms with Crippen LogP contribution in [0.3, 0.4) is 0 Å². The molecule has 1 fully saturated rings. The van der Waals surface area contributed by atoms with E-state index >= 15 is 8.78 Å². The van der Waals surface area contributed by atoms with E-state index in [1.54, 1.807) is 0 Å². The third kappa shape index (κ3) is 4.70. The Balaban J connectivity index is 1.53. The molecule has 188 valence electrons. The van der Waals surface area contributed by atoms with E-state index in [4.69, 9.17) is 4.74 Å². The first-order valence-electron chi connectivity index (χ1n) is 13.2. The first-order valence-corrected chi connectivity index (χ1v) is 13.2. The number of benzene rings is 2. The van der Waals surface area contributed by atoms with Crippen molar-refractivity contribution in [1.82, 2.24) is 15.2 Å². The summed E-state index contributed by atoms with van der Waals surface area (Å²) >= 11 is 0. The molecule has 2 aromatic carbocycles. The van der Waals surface area contributed by atoms with Gasteiger partial charge in [-0.25, -0.2) is 8.78 Å². The highest BCUT2D eigenvalue weighted by atomic mass is 19.1. The fraction of sp³-hybridized carbons (Fsp3) is 0.517. The van der Waals surface area contributed by atoms with Gasteiger partial charge in [-0.3, -0.25) is 10.2 Å². The highest BCUT2D eigenvalue weighted by molar-refractivity contribution is 5.85. The van der Waals surface area contributed by atoms with Gasteiger partial charge in [0.2, 0.25) is 0 Å². The van der Waals surface area contributed by atoms with Crippen molar-refractivity contribution in [2.24, 2.45) is 0 Å². The number of nitrogens with zero attached hydrogens (tertiary/aromatic N) is 1. The molecule has 2 atom stereocenters. The van der Waals surface area contributed by atoms with Crippen LogP contribution >= 0.6 is 0 Å². The van der Waals surface area contributed by atoms with Crippen LogP contribution in [0.5, 0.6) is 5.75 Å². The van der Waals surface area contributed by atoms with Crippen LogP contribution in [0.25, 0.3) is 10.9 Å². The molecular formula is C29H37F2N3O. The van der Waals surface area contributed by atoms with Crippen molar-refractivity contribution < 1.29 is 13.5 Å². The predicted molar refractivity (Wildman–Crippen MR) is 137 cm³/mol. The molecule has 1 saturated heterocycles. The Morgan fingerprint density at radius 3 is 2.57 bits per heavy atom. The molecular weight excluding hydrogens is 444 g/mol. The number of para-hydroxylation sites is 1. The highest BCUT2D eigenvalue weighted by Gasteiger charge is 2.45. The van der Waals surface area contributed by atoms with E-state index in [0.29, 0.717) is 13.0 Å². The number of halogens is 2. The molecule has 0 bridgehead atoms. The standard InChI is InChI=1S/C29H37F2N3O/c1-3-4-7-12-29(28-23(17-20(2)33-29)22-10-5-6-11-26(22)32-28)27-24(30)18-21(19-25(27)31)35-16-15-34-13-8-9-14-34/h5-6,10-11,18-20,32-33H,3-4,7-9,12-17H2,1-2H3. The number of H-pyrrole nitrogens is 1. The number of fused-ring (bicyclic) bond motifs is 3. The SMILES string of the molecule is CCCCCC1(c2c(F)cc(OCCN3CCCC3)cc2F)NC(C)Cc2c1[nH]c1ccccc21. The highest BCUT2D eigenvalue weighted by Crippen LogP contribution is 2.45. The number of hydrogen-bond donors (Lipinski definition) is 2. The Hall–Kier alpha value is -2.44. The molecule has 0 amide bonds. The maximum atomic E-state index is 15.9. The molecule has 3 heterocycles. The van der Waals surface area contributed by atoms with Gasteiger partial charge in [-0.2, -0.15) is 0 Å². The lowest BCUT2D eigenvalue weighted by molar-refractivity contribution is 0.234. The molecule has 5 rings (SSSR count). The van der Waals surface area contributed by atoms with Crippen LogP contribution in [0.2, 0.25) is 0 Å². The van der Waals surface area contributed by atoms with Crippen LogP contribution < -0.4 is 10.1 Å². The van der Waals surface area contributed by atoms with E-state index in [2.05, 4.69) is 35.1 Å². The molecule has 6 heteroatoms. The molecule has 1 aromatic heterocycles. The summed E-state index contributed by atoms with van der Waals surface area (Å²) < 4.78 is 37.5. The normalized spacial score (nSPS) is 22.6. The van der Waals surface area contributed by atoms with Crippen molar-refractivity contribution in [3.8, 4) is 5.75 Å². The quantitative estimate of drug-likeness (QED) is 0.354. The van der Waals surface area contributed by atoms with Gasteiger partial charge in [0.1, 0.15) is 24.0 Å². The van der Waals surface area contributed by atoms with E-state index in [1.807, 2.05) is 18.2 Å². The van der Waals surface area contributed by atoms with E-state index in [1.165, 1.54) is 25.0 Å². The molecule has 2 aliphatic heterocycles. The number of ether oxygens (including phenoxy) is 1. The minimum atomic E-state index is -0.955. The Bertz CT molecular complexity index is 1150. The Kier molecular flexibility index (Phi) is 7.12. The van der Waals surface area contributed by atoms with Crippen molar-refractivity contribution in [2.45, 2.75) is 70.4 Å². The van der Waals surface area contributed by atoms with Crippen molar-refractivity contribution >= 4 is 10.9 Å². The summed E-state index contributed by atoms with van der Waals surface area (Å²) in [6.45, 7) is 7.60. The predicted octanol–water partition coefficient (Wildman–Crippen LogP) is 6.28. The van der Waals surface area contributed by atoms with Gasteiger partial charge in [0.15, 0.2) is 0 Å². The molecule has 2 N–H and O–H groups in total. The lowest BCUT2D eigenvalue weighted by atomic mass is 9.75. The second kappa shape index (κ2) is 10.3. The third-order valence-electron chi connectivity index (χ3n) is 7.72. The lowest BCUT2D eigenvalue weighted by Gasteiger charge is -2.42. The third-order valence-corrected chi connectivity index (χ3v) is 7.72. The Morgan fingerprint density at radius 1 is 1.09 bits per heavy atom. The summed E-state index contributed by atoms with van der Waals surface area (Å²) in [5.74, 6) is -0.847. The van der Waals surface area contributed by atoms with E-state index < -0.39 is 17.2 Å². The van der Waals surface area contributed by atoms with Crippen molar-refractivity contribution in [3.05, 3.63) is 64.9 Å². The van der Waals surface area contributed by atoms with Gasteiger partial charge in [-0.1, -0.05) is 44.4 Å². The number of unbranched alkanes of at least 4 members (excludes halogenated alkanes) is 2. The summed E-state index contributed by atoms with van der Waals surface area (Å²) in [5, 5.41) is 4.78. The average molecular weight is 482 g/mol. The average Bonchev–Trinajstić information content (AvgIpc) is 3.47. The minimum absolute atomic E-state index is 0.0820. The van der Waals surface area contributed by atoms with Gasteiger partial charge in [0.05, 0.1) is 5.54 Å². The number of aromatic amines is 1. The fourth-order valence-corrected chi connectivity index (χ4v) is 6.13. The second-order valence-corrected chi connectivity index (χ2v) is 10.3. The van der Waals surface area contributed by atoms with E-state index in [-0.39, 0.29) is 17.4 Å². The van der Waals surface area contributed by atoms with Crippen molar-refractivity contribution in [3.63, 3.8) is 0 Å². The van der Waals surface area contributed by atoms with Gasteiger partial charge in [-0.15, -0.1) is 0 Å². The smallest absolute Gasteiger partial charge is 0.135 e. The van der Waals surface area contributed by atoms with Gasteiger partial charge in [0, 0.05) is 46.9 Å². The lowest BCUT2D eigenvalue weighted by Crippen LogP contribution is -2.53. The van der Waals surface area contributed by atoms with Crippen LogP contribution in [0.4, 0.5) is 8.78 Å². The molecule has 2 unspecified atom stereocenters. The summed E-state index contributed by atoms with van der Waals surface area (Å²) in [6, 6.07) is 11.0. The van der Waals surface area contributed by atoms with E-state index in [9.17, 15) is 0 Å². The van der Waals surface area contributed by atoms with E-state index in [0.717, 1.165) is 67.5 Å². The molecule has 0 saturated carbocycles. The number of rotatable bonds is 9. The van der Waals surface area contributed by atoms with Gasteiger partial charge < -0.3 is 9.72 Å². The zero-order chi connectivity index (χ0) is 24.4. The topological polar surface area (TPSA) is 40.3 Å². The first kappa shape index (κ1) is 24.3. The molecule has 0 aliphatic carbocycles. The van der Waals surface area contributed by atoms with Crippen molar-refractivity contribution in [1.29, 1.82) is 0 Å². The first-order chi connectivity index (χ1) is 17.0. The van der Waals surface area contributed by atoms with Crippen LogP contribution in [0, 0.1) is 11.6 Å². The van der Waals surface area contributed by atoms with Crippen molar-refractivity contribution in [2.75, 3.05) is 26.2 Å². The zero-order valence-corrected chi connectivity index (χ0v) is 20.9. The Labute approximate surface area is 207 Å². The van der Waals surface area contributed by atoms with Gasteiger partial charge in [-0.05, 0) is 57.3 Å². The molecule has 35 heavy (non-hydrogen) atoms. The number of hydrogen-bond acceptors (Lipinski definition) is 3. The number of aromatic nitrogens is 1. The van der Waals surface area contributed by atoms with Crippen LogP contribution in [-0.4, -0.2) is 42.2 Å². The monoisotopic (exact) mass is 481 g/mol. The number of nitrogens with one attached hydrogen (secondary N) is 2. The molecule has 3 aromatic rings. The summed E-state index contributed by atoms with van der Waals surface area (Å²) in [4.78, 5) is 5.88. The molecule has 4 nitrogen and oxygen atoms in total. The zero-order valence-electron chi connectivity index (χ0n) is 20.9. The largest absolute Gasteiger partial charge is 0.492 e. The Morgan fingerprint density at radius 2 is 1.83 bits per heavy atom. The second-order valence-electron chi connectivity index (χ2n) is 10.3.